The number of anilines is 1. The number of carbonyl (C=O) groups excluding carboxylic acids is 1. The number of rotatable bonds is 5. The van der Waals surface area contributed by atoms with Crippen LogP contribution in [-0.4, -0.2) is 41.0 Å². The molecule has 1 aliphatic rings. The monoisotopic (exact) mass is 348 g/mol. The molecule has 0 bridgehead atoms. The average Bonchev–Trinajstić information content (AvgIpc) is 2.56. The Hall–Kier alpha value is -1.88. The highest BCUT2D eigenvalue weighted by Crippen LogP contribution is 2.23. The minimum absolute atomic E-state index is 0.0457. The molecule has 0 spiro atoms. The molecule has 0 aliphatic carbocycles. The Kier molecular flexibility index (Phi) is 9.21. The van der Waals surface area contributed by atoms with Gasteiger partial charge in [-0.05, 0) is 57.3 Å². The van der Waals surface area contributed by atoms with Crippen LogP contribution in [-0.2, 0) is 9.59 Å². The van der Waals surface area contributed by atoms with Gasteiger partial charge in [0.15, 0.2) is 0 Å². The van der Waals surface area contributed by atoms with Crippen LogP contribution in [0.2, 0.25) is 0 Å². The van der Waals surface area contributed by atoms with E-state index in [2.05, 4.69) is 43.1 Å². The normalized spacial score (nSPS) is 17.4. The number of aliphatic carboxylic acids is 1. The number of benzene rings is 1. The van der Waals surface area contributed by atoms with Crippen LogP contribution in [0.25, 0.3) is 0 Å². The van der Waals surface area contributed by atoms with Gasteiger partial charge in [0.2, 0.25) is 5.91 Å². The molecule has 1 fully saturated rings. The van der Waals surface area contributed by atoms with Gasteiger partial charge in [-0.3, -0.25) is 14.5 Å². The minimum atomic E-state index is -0.833. The van der Waals surface area contributed by atoms with Crippen LogP contribution in [0.5, 0.6) is 0 Å². The number of aryl methyl sites for hydroxylation is 2. The van der Waals surface area contributed by atoms with Crippen LogP contribution < -0.4 is 5.32 Å². The summed E-state index contributed by atoms with van der Waals surface area (Å²) in [6.45, 7) is 9.50. The van der Waals surface area contributed by atoms with Crippen molar-refractivity contribution >= 4 is 17.6 Å². The summed E-state index contributed by atoms with van der Waals surface area (Å²) in [5, 5.41) is 10.6. The number of nitrogens with zero attached hydrogens (tertiary/aromatic N) is 1. The second kappa shape index (κ2) is 10.9. The standard InChI is InChI=1S/C18H28N2O.C2H4O2/c1-4-5-12-20-13-7-6-11-16(20)18(21)19-17-14(2)9-8-10-15(17)3;1-2(3)4/h8-10,16H,4-7,11-13H2,1-3H3,(H,19,21);1H3,(H,3,4). The number of piperidine rings is 1. The molecule has 1 saturated heterocycles. The molecule has 2 N–H and O–H groups in total. The van der Waals surface area contributed by atoms with E-state index >= 15 is 0 Å². The van der Waals surface area contributed by atoms with Crippen LogP contribution >= 0.6 is 0 Å². The number of carbonyl (C=O) groups is 2. The fourth-order valence-corrected chi connectivity index (χ4v) is 3.13. The van der Waals surface area contributed by atoms with E-state index in [1.165, 1.54) is 19.3 Å². The first kappa shape index (κ1) is 21.2. The van der Waals surface area contributed by atoms with Gasteiger partial charge in [-0.15, -0.1) is 0 Å². The number of likely N-dealkylation sites (tertiary alicyclic amines) is 1. The van der Waals surface area contributed by atoms with Crippen molar-refractivity contribution in [2.75, 3.05) is 18.4 Å². The second-order valence-corrected chi connectivity index (χ2v) is 6.68. The Morgan fingerprint density at radius 1 is 1.24 bits per heavy atom. The molecule has 0 saturated carbocycles. The third-order valence-electron chi connectivity index (χ3n) is 4.44. The van der Waals surface area contributed by atoms with Gasteiger partial charge in [0, 0.05) is 12.6 Å². The van der Waals surface area contributed by atoms with Crippen molar-refractivity contribution in [1.82, 2.24) is 4.90 Å². The molecule has 1 atom stereocenters. The lowest BCUT2D eigenvalue weighted by Gasteiger charge is -2.34. The van der Waals surface area contributed by atoms with Crippen LogP contribution in [0.15, 0.2) is 18.2 Å². The van der Waals surface area contributed by atoms with Crippen LogP contribution in [0.1, 0.15) is 57.1 Å². The maximum Gasteiger partial charge on any atom is 0.300 e. The molecule has 0 aromatic heterocycles. The summed E-state index contributed by atoms with van der Waals surface area (Å²) in [6.07, 6.45) is 5.72. The topological polar surface area (TPSA) is 69.6 Å². The maximum atomic E-state index is 12.7. The molecule has 0 radical (unpaired) electrons. The van der Waals surface area contributed by atoms with Crippen molar-refractivity contribution in [3.63, 3.8) is 0 Å². The zero-order valence-electron chi connectivity index (χ0n) is 16.0. The van der Waals surface area contributed by atoms with Crippen molar-refractivity contribution in [1.29, 1.82) is 0 Å². The molecule has 1 aliphatic heterocycles. The molecular weight excluding hydrogens is 316 g/mol. The minimum Gasteiger partial charge on any atom is -0.481 e. The van der Waals surface area contributed by atoms with Gasteiger partial charge in [0.25, 0.3) is 5.97 Å². The number of unbranched alkanes of at least 4 members (excludes halogenated alkanes) is 1. The molecule has 1 amide bonds. The summed E-state index contributed by atoms with van der Waals surface area (Å²) >= 11 is 0. The average molecular weight is 348 g/mol. The van der Waals surface area contributed by atoms with Crippen LogP contribution in [0, 0.1) is 13.8 Å². The van der Waals surface area contributed by atoms with Gasteiger partial charge in [-0.2, -0.15) is 0 Å². The summed E-state index contributed by atoms with van der Waals surface area (Å²) in [4.78, 5) is 24.1. The number of hydrogen-bond acceptors (Lipinski definition) is 3. The fraction of sp³-hybridized carbons (Fsp3) is 0.600. The fourth-order valence-electron chi connectivity index (χ4n) is 3.13. The summed E-state index contributed by atoms with van der Waals surface area (Å²) in [7, 11) is 0. The summed E-state index contributed by atoms with van der Waals surface area (Å²) < 4.78 is 0. The molecule has 1 aromatic rings. The predicted molar refractivity (Wildman–Crippen MR) is 102 cm³/mol. The molecule has 5 nitrogen and oxygen atoms in total. The summed E-state index contributed by atoms with van der Waals surface area (Å²) in [6, 6.07) is 6.19. The lowest BCUT2D eigenvalue weighted by Crippen LogP contribution is -2.47. The summed E-state index contributed by atoms with van der Waals surface area (Å²) in [5.74, 6) is -0.664. The third kappa shape index (κ3) is 7.26. The number of amides is 1. The Morgan fingerprint density at radius 3 is 2.40 bits per heavy atom. The van der Waals surface area contributed by atoms with E-state index in [9.17, 15) is 4.79 Å². The molecule has 1 heterocycles. The zero-order valence-corrected chi connectivity index (χ0v) is 16.0. The van der Waals surface area contributed by atoms with Gasteiger partial charge in [-0.1, -0.05) is 38.0 Å². The second-order valence-electron chi connectivity index (χ2n) is 6.68. The quantitative estimate of drug-likeness (QED) is 0.844. The van der Waals surface area contributed by atoms with Gasteiger partial charge < -0.3 is 10.4 Å². The SMILES string of the molecule is CC(=O)O.CCCCN1CCCCC1C(=O)Nc1c(C)cccc1C. The molecule has 1 unspecified atom stereocenters. The molecule has 2 rings (SSSR count). The van der Waals surface area contributed by atoms with Gasteiger partial charge in [0.1, 0.15) is 0 Å². The molecule has 25 heavy (non-hydrogen) atoms. The number of carboxylic acids is 1. The van der Waals surface area contributed by atoms with Crippen molar-refractivity contribution in [2.24, 2.45) is 0 Å². The smallest absolute Gasteiger partial charge is 0.300 e. The lowest BCUT2D eigenvalue weighted by atomic mass is 10.00. The van der Waals surface area contributed by atoms with E-state index in [0.29, 0.717) is 0 Å². The Morgan fingerprint density at radius 2 is 1.84 bits per heavy atom. The Balaban J connectivity index is 0.000000705. The van der Waals surface area contributed by atoms with Crippen molar-refractivity contribution in [3.05, 3.63) is 29.3 Å². The van der Waals surface area contributed by atoms with E-state index in [1.807, 2.05) is 6.07 Å². The predicted octanol–water partition coefficient (Wildman–Crippen LogP) is 3.99. The summed E-state index contributed by atoms with van der Waals surface area (Å²) in [5.41, 5.74) is 3.27. The van der Waals surface area contributed by atoms with E-state index in [1.54, 1.807) is 0 Å². The lowest BCUT2D eigenvalue weighted by molar-refractivity contribution is -0.134. The highest BCUT2D eigenvalue weighted by Gasteiger charge is 2.28. The molecule has 140 valence electrons. The first-order valence-corrected chi connectivity index (χ1v) is 9.17. The highest BCUT2D eigenvalue weighted by atomic mass is 16.4. The van der Waals surface area contributed by atoms with Gasteiger partial charge in [-0.25, -0.2) is 0 Å². The third-order valence-corrected chi connectivity index (χ3v) is 4.44. The molecule has 1 aromatic carbocycles. The number of para-hydroxylation sites is 1. The number of carboxylic acid groups (broad SMARTS) is 1. The first-order valence-electron chi connectivity index (χ1n) is 9.17. The Labute approximate surface area is 151 Å². The van der Waals surface area contributed by atoms with Gasteiger partial charge >= 0.3 is 0 Å². The van der Waals surface area contributed by atoms with Crippen molar-refractivity contribution in [3.8, 4) is 0 Å². The highest BCUT2D eigenvalue weighted by molar-refractivity contribution is 5.96. The van der Waals surface area contributed by atoms with E-state index in [0.717, 1.165) is 49.7 Å². The van der Waals surface area contributed by atoms with Crippen molar-refractivity contribution < 1.29 is 14.7 Å². The maximum absolute atomic E-state index is 12.7. The van der Waals surface area contributed by atoms with E-state index in [4.69, 9.17) is 9.90 Å². The largest absolute Gasteiger partial charge is 0.481 e. The zero-order chi connectivity index (χ0) is 18.8. The van der Waals surface area contributed by atoms with Crippen molar-refractivity contribution in [2.45, 2.75) is 65.8 Å². The Bertz CT molecular complexity index is 548. The first-order chi connectivity index (χ1) is 11.9. The van der Waals surface area contributed by atoms with Gasteiger partial charge in [0.05, 0.1) is 6.04 Å². The molecule has 5 heteroatoms. The van der Waals surface area contributed by atoms with E-state index < -0.39 is 5.97 Å². The number of nitrogens with one attached hydrogen (secondary N) is 1. The van der Waals surface area contributed by atoms with Crippen LogP contribution in [0.4, 0.5) is 5.69 Å². The number of hydrogen-bond donors (Lipinski definition) is 2. The van der Waals surface area contributed by atoms with E-state index in [-0.39, 0.29) is 11.9 Å². The van der Waals surface area contributed by atoms with Crippen LogP contribution in [0.3, 0.4) is 0 Å². The molecular formula is C20H32N2O3.